The zero-order chi connectivity index (χ0) is 14.3. The molecule has 2 saturated heterocycles. The highest BCUT2D eigenvalue weighted by Crippen LogP contribution is 2.40. The van der Waals surface area contributed by atoms with Crippen LogP contribution in [0.15, 0.2) is 0 Å². The Bertz CT molecular complexity index is 450. The van der Waals surface area contributed by atoms with Gasteiger partial charge in [-0.05, 0) is 45.4 Å². The summed E-state index contributed by atoms with van der Waals surface area (Å²) >= 11 is 0. The molecule has 0 aliphatic carbocycles. The van der Waals surface area contributed by atoms with Crippen LogP contribution in [-0.2, 0) is 19.4 Å². The fourth-order valence-corrected chi connectivity index (χ4v) is 4.50. The molecule has 0 aromatic carbocycles. The molecule has 2 aliphatic heterocycles. The van der Waals surface area contributed by atoms with E-state index in [1.54, 1.807) is 0 Å². The minimum absolute atomic E-state index is 0.0348. The van der Waals surface area contributed by atoms with Gasteiger partial charge < -0.3 is 10.1 Å². The minimum atomic E-state index is -2.86. The van der Waals surface area contributed by atoms with Crippen LogP contribution in [0.3, 0.4) is 0 Å². The molecule has 2 aliphatic rings. The molecule has 2 fully saturated rings. The van der Waals surface area contributed by atoms with Gasteiger partial charge in [-0.3, -0.25) is 4.79 Å². The molecule has 6 heteroatoms. The van der Waals surface area contributed by atoms with Crippen LogP contribution in [0.4, 0.5) is 0 Å². The molecule has 1 atom stereocenters. The van der Waals surface area contributed by atoms with Crippen molar-refractivity contribution in [2.45, 2.75) is 51.7 Å². The fourth-order valence-electron chi connectivity index (χ4n) is 2.81. The summed E-state index contributed by atoms with van der Waals surface area (Å²) in [4.78, 5) is 12.0. The average Bonchev–Trinajstić information content (AvgIpc) is 2.66. The summed E-state index contributed by atoms with van der Waals surface area (Å²) in [5.41, 5.74) is -0.517. The number of carbonyl (C=O) groups excluding carboxylic acids is 1. The number of ether oxygens (including phenoxy) is 1. The van der Waals surface area contributed by atoms with E-state index in [0.717, 1.165) is 0 Å². The molecule has 1 spiro atoms. The topological polar surface area (TPSA) is 72.5 Å². The first-order valence-electron chi connectivity index (χ1n) is 6.78. The lowest BCUT2D eigenvalue weighted by Crippen LogP contribution is -2.37. The lowest BCUT2D eigenvalue weighted by molar-refractivity contribution is -0.157. The number of nitrogens with one attached hydrogen (secondary N) is 1. The first-order chi connectivity index (χ1) is 8.61. The molecule has 1 N–H and O–H groups in total. The lowest BCUT2D eigenvalue weighted by atomic mass is 9.80. The van der Waals surface area contributed by atoms with Crippen molar-refractivity contribution < 1.29 is 17.9 Å². The van der Waals surface area contributed by atoms with Crippen LogP contribution in [0.5, 0.6) is 0 Å². The van der Waals surface area contributed by atoms with Gasteiger partial charge in [-0.2, -0.15) is 0 Å². The van der Waals surface area contributed by atoms with Gasteiger partial charge in [0.1, 0.15) is 21.5 Å². The molecule has 110 valence electrons. The maximum atomic E-state index is 12.0. The smallest absolute Gasteiger partial charge is 0.323 e. The Kier molecular flexibility index (Phi) is 3.68. The van der Waals surface area contributed by atoms with Crippen molar-refractivity contribution in [1.29, 1.82) is 0 Å². The predicted octanol–water partition coefficient (Wildman–Crippen LogP) is 0.885. The van der Waals surface area contributed by atoms with Crippen molar-refractivity contribution in [3.05, 3.63) is 0 Å². The second kappa shape index (κ2) is 4.74. The second-order valence-electron chi connectivity index (χ2n) is 6.82. The molecule has 0 amide bonds. The summed E-state index contributed by atoms with van der Waals surface area (Å²) in [5, 5.41) is 3.20. The third-order valence-corrected chi connectivity index (χ3v) is 5.59. The zero-order valence-corrected chi connectivity index (χ0v) is 12.7. The van der Waals surface area contributed by atoms with Crippen molar-refractivity contribution in [3.8, 4) is 0 Å². The van der Waals surface area contributed by atoms with Gasteiger partial charge in [-0.15, -0.1) is 0 Å². The number of esters is 1. The molecular formula is C13H23NO4S. The maximum absolute atomic E-state index is 12.0. The van der Waals surface area contributed by atoms with E-state index >= 15 is 0 Å². The third-order valence-electron chi connectivity index (χ3n) is 3.94. The molecule has 0 saturated carbocycles. The summed E-state index contributed by atoms with van der Waals surface area (Å²) in [7, 11) is -2.86. The van der Waals surface area contributed by atoms with Crippen LogP contribution in [0.2, 0.25) is 0 Å². The Labute approximate surface area is 115 Å². The first-order valence-corrected chi connectivity index (χ1v) is 8.60. The van der Waals surface area contributed by atoms with E-state index < -0.39 is 15.4 Å². The van der Waals surface area contributed by atoms with Crippen LogP contribution in [0, 0.1) is 5.41 Å². The van der Waals surface area contributed by atoms with Crippen LogP contribution < -0.4 is 5.32 Å². The number of hydrogen-bond donors (Lipinski definition) is 1. The summed E-state index contributed by atoms with van der Waals surface area (Å²) in [5.74, 6) is 0.267. The first kappa shape index (κ1) is 14.8. The lowest BCUT2D eigenvalue weighted by Gasteiger charge is -2.32. The minimum Gasteiger partial charge on any atom is -0.459 e. The van der Waals surface area contributed by atoms with E-state index in [1.165, 1.54) is 0 Å². The zero-order valence-electron chi connectivity index (χ0n) is 11.9. The molecule has 5 nitrogen and oxygen atoms in total. The average molecular weight is 289 g/mol. The van der Waals surface area contributed by atoms with Gasteiger partial charge in [0.25, 0.3) is 0 Å². The van der Waals surface area contributed by atoms with Crippen LogP contribution in [-0.4, -0.2) is 44.1 Å². The number of sulfone groups is 1. The van der Waals surface area contributed by atoms with E-state index in [4.69, 9.17) is 4.74 Å². The van der Waals surface area contributed by atoms with E-state index in [1.807, 2.05) is 20.8 Å². The van der Waals surface area contributed by atoms with Gasteiger partial charge in [-0.1, -0.05) is 0 Å². The Morgan fingerprint density at radius 3 is 2.37 bits per heavy atom. The summed E-state index contributed by atoms with van der Waals surface area (Å²) in [6, 6.07) is -0.292. The second-order valence-corrected chi connectivity index (χ2v) is 9.13. The Morgan fingerprint density at radius 2 is 1.84 bits per heavy atom. The standard InChI is InChI=1S/C13H23NO4S/c1-12(2,3)18-11(15)10-8-13(9-14-10)4-6-19(16,17)7-5-13/h10,14H,4-9H2,1-3H3. The normalized spacial score (nSPS) is 29.3. The number of carbonyl (C=O) groups is 1. The monoisotopic (exact) mass is 289 g/mol. The van der Waals surface area contributed by atoms with E-state index in [0.29, 0.717) is 25.8 Å². The molecule has 2 rings (SSSR count). The van der Waals surface area contributed by atoms with E-state index in [-0.39, 0.29) is 28.9 Å². The molecule has 19 heavy (non-hydrogen) atoms. The van der Waals surface area contributed by atoms with Crippen molar-refractivity contribution in [1.82, 2.24) is 5.32 Å². The number of hydrogen-bond acceptors (Lipinski definition) is 5. The van der Waals surface area contributed by atoms with Crippen LogP contribution in [0.1, 0.15) is 40.0 Å². The van der Waals surface area contributed by atoms with Crippen LogP contribution >= 0.6 is 0 Å². The summed E-state index contributed by atoms with van der Waals surface area (Å²) in [6.45, 7) is 6.26. The van der Waals surface area contributed by atoms with Gasteiger partial charge in [0.05, 0.1) is 11.5 Å². The molecule has 2 heterocycles. The molecule has 0 bridgehead atoms. The van der Waals surface area contributed by atoms with Gasteiger partial charge in [0, 0.05) is 6.54 Å². The Morgan fingerprint density at radius 1 is 1.26 bits per heavy atom. The van der Waals surface area contributed by atoms with Crippen LogP contribution in [0.25, 0.3) is 0 Å². The van der Waals surface area contributed by atoms with Crippen molar-refractivity contribution in [2.75, 3.05) is 18.1 Å². The number of rotatable bonds is 1. The molecule has 0 radical (unpaired) electrons. The van der Waals surface area contributed by atoms with Crippen molar-refractivity contribution in [3.63, 3.8) is 0 Å². The van der Waals surface area contributed by atoms with E-state index in [9.17, 15) is 13.2 Å². The predicted molar refractivity (Wildman–Crippen MR) is 72.6 cm³/mol. The summed E-state index contributed by atoms with van der Waals surface area (Å²) < 4.78 is 28.3. The Balaban J connectivity index is 1.95. The maximum Gasteiger partial charge on any atom is 0.323 e. The fraction of sp³-hybridized carbons (Fsp3) is 0.923. The van der Waals surface area contributed by atoms with Gasteiger partial charge in [0.2, 0.25) is 0 Å². The molecule has 1 unspecified atom stereocenters. The summed E-state index contributed by atoms with van der Waals surface area (Å²) in [6.07, 6.45) is 2.00. The van der Waals surface area contributed by atoms with E-state index in [2.05, 4.69) is 5.32 Å². The third kappa shape index (κ3) is 3.69. The largest absolute Gasteiger partial charge is 0.459 e. The highest BCUT2D eigenvalue weighted by molar-refractivity contribution is 7.91. The molecule has 0 aromatic rings. The highest BCUT2D eigenvalue weighted by Gasteiger charge is 2.45. The SMILES string of the molecule is CC(C)(C)OC(=O)C1CC2(CCS(=O)(=O)CC2)CN1. The quantitative estimate of drug-likeness (QED) is 0.726. The van der Waals surface area contributed by atoms with Gasteiger partial charge in [-0.25, -0.2) is 8.42 Å². The van der Waals surface area contributed by atoms with Crippen molar-refractivity contribution in [2.24, 2.45) is 5.41 Å². The van der Waals surface area contributed by atoms with Gasteiger partial charge >= 0.3 is 5.97 Å². The van der Waals surface area contributed by atoms with Gasteiger partial charge in [0.15, 0.2) is 0 Å². The molecular weight excluding hydrogens is 266 g/mol. The van der Waals surface area contributed by atoms with Crippen molar-refractivity contribution >= 4 is 15.8 Å². The highest BCUT2D eigenvalue weighted by atomic mass is 32.2. The Hall–Kier alpha value is -0.620. The molecule has 0 aromatic heterocycles.